The number of hydrogen-bond acceptors (Lipinski definition) is 4. The molecule has 662 valence electrons. The molecule has 0 aliphatic rings. The molecule has 0 heterocycles. The SMILES string of the molecule is CCc1ccc(/C=C/c2ccc(N(c3ccccc3)c3ccc(-c4ccccc4)cc3)cc2)cc1.Cc1ccc(/C=C/c2ccc(N(c3ccccc3)c3ccc(-c4ccccc4)cc3)cc2)cc1.Cc1cccc(/C=C/c2ccc(N(c3ccccc3)c3ccc(-c4ccccc4)cc3)cc2)c1.Cc1ccccc1/C=C/c1ccc(N(c2ccccc2)c2ccc(-c3ccccc3)cc2)cc1. The van der Waals surface area contributed by atoms with E-state index in [-0.39, 0.29) is 0 Å². The van der Waals surface area contributed by atoms with Gasteiger partial charge in [0.2, 0.25) is 0 Å². The molecule has 137 heavy (non-hydrogen) atoms. The zero-order valence-corrected chi connectivity index (χ0v) is 77.9. The fourth-order valence-electron chi connectivity index (χ4n) is 16.6. The number of aryl methyl sites for hydroxylation is 4. The van der Waals surface area contributed by atoms with Gasteiger partial charge in [0.1, 0.15) is 0 Å². The van der Waals surface area contributed by atoms with Crippen molar-refractivity contribution in [3.05, 3.63) is 601 Å². The first kappa shape index (κ1) is 91.5. The second-order valence-electron chi connectivity index (χ2n) is 33.8. The number of rotatable bonds is 25. The first-order chi connectivity index (χ1) is 67.6. The van der Waals surface area contributed by atoms with Crippen LogP contribution in [0.5, 0.6) is 0 Å². The van der Waals surface area contributed by atoms with Crippen LogP contribution in [0.1, 0.15) is 73.7 Å². The van der Waals surface area contributed by atoms with Crippen molar-refractivity contribution in [3.63, 3.8) is 0 Å². The normalized spacial score (nSPS) is 11.0. The van der Waals surface area contributed by atoms with E-state index >= 15 is 0 Å². The summed E-state index contributed by atoms with van der Waals surface area (Å²) < 4.78 is 0. The van der Waals surface area contributed by atoms with E-state index in [0.29, 0.717) is 0 Å². The summed E-state index contributed by atoms with van der Waals surface area (Å²) in [4.78, 5) is 9.18. The summed E-state index contributed by atoms with van der Waals surface area (Å²) in [5.41, 5.74) is 38.2. The molecule has 0 N–H and O–H groups in total. The summed E-state index contributed by atoms with van der Waals surface area (Å²) in [5.74, 6) is 0. The summed E-state index contributed by atoms with van der Waals surface area (Å²) in [6.45, 7) is 8.56. The molecular weight excluding hydrogens is 1650 g/mol. The smallest absolute Gasteiger partial charge is 0.0462 e. The van der Waals surface area contributed by atoms with Gasteiger partial charge in [-0.3, -0.25) is 0 Å². The molecule has 0 saturated heterocycles. The molecule has 0 atom stereocenters. The molecule has 4 heteroatoms. The first-order valence-electron chi connectivity index (χ1n) is 47.0. The molecule has 20 aromatic carbocycles. The van der Waals surface area contributed by atoms with Crippen LogP contribution in [-0.2, 0) is 6.42 Å². The van der Waals surface area contributed by atoms with Gasteiger partial charge >= 0.3 is 0 Å². The fraction of sp³-hybridized carbons (Fsp3) is 0.0376. The molecule has 0 unspecified atom stereocenters. The predicted molar refractivity (Wildman–Crippen MR) is 591 cm³/mol. The lowest BCUT2D eigenvalue weighted by Gasteiger charge is -2.25. The van der Waals surface area contributed by atoms with Gasteiger partial charge in [0.15, 0.2) is 0 Å². The van der Waals surface area contributed by atoms with E-state index in [1.54, 1.807) is 0 Å². The zero-order valence-electron chi connectivity index (χ0n) is 77.9. The quantitative estimate of drug-likeness (QED) is 0.0529. The van der Waals surface area contributed by atoms with Crippen LogP contribution in [0.2, 0.25) is 0 Å². The van der Waals surface area contributed by atoms with Crippen LogP contribution in [0.25, 0.3) is 93.1 Å². The van der Waals surface area contributed by atoms with Crippen LogP contribution >= 0.6 is 0 Å². The van der Waals surface area contributed by atoms with Crippen LogP contribution in [0.3, 0.4) is 0 Å². The molecule has 0 radical (unpaired) electrons. The average Bonchev–Trinajstić information content (AvgIpc) is 0.813. The van der Waals surface area contributed by atoms with Gasteiger partial charge in [-0.2, -0.15) is 0 Å². The number of para-hydroxylation sites is 4. The highest BCUT2D eigenvalue weighted by atomic mass is 15.2. The first-order valence-corrected chi connectivity index (χ1v) is 47.0. The van der Waals surface area contributed by atoms with Crippen LogP contribution in [0.15, 0.2) is 534 Å². The fourth-order valence-corrected chi connectivity index (χ4v) is 16.6. The Morgan fingerprint density at radius 1 is 0.153 bits per heavy atom. The summed E-state index contributed by atoms with van der Waals surface area (Å²) in [7, 11) is 0. The highest BCUT2D eigenvalue weighted by Crippen LogP contribution is 2.42. The van der Waals surface area contributed by atoms with E-state index in [1.807, 2.05) is 0 Å². The van der Waals surface area contributed by atoms with Gasteiger partial charge in [0, 0.05) is 68.2 Å². The van der Waals surface area contributed by atoms with Crippen LogP contribution in [0.4, 0.5) is 68.2 Å². The lowest BCUT2D eigenvalue weighted by molar-refractivity contribution is 1.14. The highest BCUT2D eigenvalue weighted by molar-refractivity contribution is 5.86. The van der Waals surface area contributed by atoms with Crippen molar-refractivity contribution < 1.29 is 0 Å². The Morgan fingerprint density at radius 3 is 0.613 bits per heavy atom. The van der Waals surface area contributed by atoms with Gasteiger partial charge < -0.3 is 19.6 Å². The molecule has 0 aliphatic carbocycles. The molecule has 0 aromatic heterocycles. The Morgan fingerprint density at radius 2 is 0.358 bits per heavy atom. The maximum absolute atomic E-state index is 2.30. The molecule has 0 bridgehead atoms. The number of hydrogen-bond donors (Lipinski definition) is 0. The third-order valence-corrected chi connectivity index (χ3v) is 24.1. The molecule has 0 fully saturated rings. The molecular formula is C133H110N4. The largest absolute Gasteiger partial charge is 0.311 e. The Balaban J connectivity index is 0.000000127. The summed E-state index contributed by atoms with van der Waals surface area (Å²) in [5, 5.41) is 0. The van der Waals surface area contributed by atoms with E-state index in [4.69, 9.17) is 0 Å². The second-order valence-corrected chi connectivity index (χ2v) is 33.8. The monoisotopic (exact) mass is 1760 g/mol. The molecule has 0 amide bonds. The van der Waals surface area contributed by atoms with Crippen molar-refractivity contribution in [2.24, 2.45) is 0 Å². The minimum absolute atomic E-state index is 1.07. The molecule has 20 aromatic rings. The van der Waals surface area contributed by atoms with Crippen molar-refractivity contribution >= 4 is 117 Å². The van der Waals surface area contributed by atoms with E-state index in [9.17, 15) is 0 Å². The van der Waals surface area contributed by atoms with Crippen molar-refractivity contribution in [2.75, 3.05) is 19.6 Å². The van der Waals surface area contributed by atoms with Gasteiger partial charge in [0.25, 0.3) is 0 Å². The Labute approximate surface area is 810 Å². The lowest BCUT2D eigenvalue weighted by atomic mass is 10.0. The van der Waals surface area contributed by atoms with Crippen LogP contribution in [0, 0.1) is 20.8 Å². The Kier molecular flexibility index (Phi) is 31.1. The molecule has 0 aliphatic heterocycles. The van der Waals surface area contributed by atoms with Gasteiger partial charge in [0.05, 0.1) is 0 Å². The third-order valence-electron chi connectivity index (χ3n) is 24.1. The zero-order chi connectivity index (χ0) is 93.4. The standard InChI is InChI=1S/C34H29N.3C33H27N/c1-2-27-13-15-28(16-14-27)17-18-29-19-23-33(24-20-29)35(32-11-7-4-8-12-32)34-25-21-31(22-26-34)30-9-5-3-6-10-30;1-26-10-8-9-11-28(26)19-16-27-17-22-32(23-18-27)34(31-14-6-3-7-15-31)33-24-20-30(21-25-33)29-12-4-2-5-13-29;1-26-9-8-10-28(25-26)16-15-27-17-21-32(22-18-27)34(31-13-6-3-7-14-31)33-23-19-30(20-24-33)29-11-4-2-5-12-29;1-26-12-14-27(15-13-26)16-17-28-18-22-32(23-19-28)34(31-10-6-3-7-11-31)33-24-20-30(21-25-33)29-8-4-2-5-9-29/h3-26H,2H2,1H3;3*2-25H,1H3/b18-17+;19-16+;16-15+;17-16+. The highest BCUT2D eigenvalue weighted by Gasteiger charge is 2.18. The second kappa shape index (κ2) is 46.6. The molecule has 0 spiro atoms. The molecule has 20 rings (SSSR count). The minimum atomic E-state index is 1.07. The Hall–Kier alpha value is -17.4. The van der Waals surface area contributed by atoms with E-state index in [1.165, 1.54) is 111 Å². The van der Waals surface area contributed by atoms with Crippen molar-refractivity contribution in [2.45, 2.75) is 34.1 Å². The number of anilines is 12. The van der Waals surface area contributed by atoms with Gasteiger partial charge in [-0.05, 0) is 273 Å². The lowest BCUT2D eigenvalue weighted by Crippen LogP contribution is -2.09. The van der Waals surface area contributed by atoms with Gasteiger partial charge in [-0.15, -0.1) is 0 Å². The number of nitrogens with zero attached hydrogens (tertiary/aromatic N) is 4. The number of benzene rings is 20. The molecule has 4 nitrogen and oxygen atoms in total. The summed E-state index contributed by atoms with van der Waals surface area (Å²) in [6.07, 6.45) is 18.4. The molecule has 0 saturated carbocycles. The van der Waals surface area contributed by atoms with Gasteiger partial charge in [-0.1, -0.05) is 455 Å². The van der Waals surface area contributed by atoms with Crippen LogP contribution < -0.4 is 19.6 Å². The predicted octanol–water partition coefficient (Wildman–Crippen LogP) is 37.5. The van der Waals surface area contributed by atoms with Gasteiger partial charge in [-0.25, -0.2) is 0 Å². The van der Waals surface area contributed by atoms with E-state index in [2.05, 4.69) is 630 Å². The maximum Gasteiger partial charge on any atom is 0.0462 e. The average molecular weight is 1760 g/mol. The minimum Gasteiger partial charge on any atom is -0.311 e. The van der Waals surface area contributed by atoms with Crippen molar-refractivity contribution in [1.29, 1.82) is 0 Å². The van der Waals surface area contributed by atoms with Crippen molar-refractivity contribution in [1.82, 2.24) is 0 Å². The third kappa shape index (κ3) is 25.1. The Bertz CT molecular complexity index is 7220. The topological polar surface area (TPSA) is 13.0 Å². The summed E-state index contributed by atoms with van der Waals surface area (Å²) >= 11 is 0. The van der Waals surface area contributed by atoms with Crippen molar-refractivity contribution in [3.8, 4) is 44.5 Å². The maximum atomic E-state index is 2.30. The van der Waals surface area contributed by atoms with E-state index in [0.717, 1.165) is 74.7 Å². The van der Waals surface area contributed by atoms with E-state index < -0.39 is 0 Å². The van der Waals surface area contributed by atoms with Crippen LogP contribution in [-0.4, -0.2) is 0 Å². The summed E-state index contributed by atoms with van der Waals surface area (Å²) in [6, 6.07) is 188.